The summed E-state index contributed by atoms with van der Waals surface area (Å²) in [5.41, 5.74) is 0.377. The molecule has 1 rings (SSSR count). The minimum Gasteiger partial charge on any atom is -0.299 e. The van der Waals surface area contributed by atoms with Crippen LogP contribution in [0, 0.1) is 17.3 Å². The Hall–Kier alpha value is -0.330. The average molecular weight is 224 g/mol. The molecule has 1 nitrogen and oxygen atoms in total. The summed E-state index contributed by atoms with van der Waals surface area (Å²) in [5.74, 6) is 1.42. The smallest absolute Gasteiger partial charge is 0.136 e. The summed E-state index contributed by atoms with van der Waals surface area (Å²) in [6.07, 6.45) is 8.32. The standard InChI is InChI=1S/C15H28O/c1-5-15(8-6-7-9-15)11-14(16)13(4)10-12(2)3/h12-13H,5-11H2,1-4H3. The first-order chi connectivity index (χ1) is 7.49. The van der Waals surface area contributed by atoms with Crippen LogP contribution < -0.4 is 0 Å². The fourth-order valence-corrected chi connectivity index (χ4v) is 3.16. The summed E-state index contributed by atoms with van der Waals surface area (Å²) < 4.78 is 0. The monoisotopic (exact) mass is 224 g/mol. The van der Waals surface area contributed by atoms with Crippen LogP contribution in [0.1, 0.15) is 72.6 Å². The van der Waals surface area contributed by atoms with E-state index in [0.29, 0.717) is 17.1 Å². The molecular formula is C15H28O. The largest absolute Gasteiger partial charge is 0.299 e. The van der Waals surface area contributed by atoms with Crippen molar-refractivity contribution in [2.45, 2.75) is 72.6 Å². The van der Waals surface area contributed by atoms with E-state index in [0.717, 1.165) is 12.8 Å². The van der Waals surface area contributed by atoms with Crippen LogP contribution in [0.5, 0.6) is 0 Å². The summed E-state index contributed by atoms with van der Waals surface area (Å²) in [6, 6.07) is 0. The second kappa shape index (κ2) is 5.84. The van der Waals surface area contributed by atoms with Crippen molar-refractivity contribution in [3.63, 3.8) is 0 Å². The molecule has 0 heterocycles. The molecule has 94 valence electrons. The first kappa shape index (κ1) is 13.7. The van der Waals surface area contributed by atoms with E-state index in [-0.39, 0.29) is 5.92 Å². The molecule has 1 unspecified atom stereocenters. The molecule has 1 heteroatoms. The second-order valence-electron chi connectivity index (χ2n) is 6.23. The maximum absolute atomic E-state index is 12.2. The predicted octanol–water partition coefficient (Wildman–Crippen LogP) is 4.60. The van der Waals surface area contributed by atoms with Crippen molar-refractivity contribution in [3.05, 3.63) is 0 Å². The summed E-state index contributed by atoms with van der Waals surface area (Å²) in [4.78, 5) is 12.2. The fourth-order valence-electron chi connectivity index (χ4n) is 3.16. The van der Waals surface area contributed by atoms with Crippen LogP contribution in [-0.2, 0) is 4.79 Å². The molecule has 0 aromatic carbocycles. The van der Waals surface area contributed by atoms with Crippen molar-refractivity contribution in [1.82, 2.24) is 0 Å². The number of hydrogen-bond donors (Lipinski definition) is 0. The van der Waals surface area contributed by atoms with Gasteiger partial charge in [-0.15, -0.1) is 0 Å². The van der Waals surface area contributed by atoms with Gasteiger partial charge < -0.3 is 0 Å². The van der Waals surface area contributed by atoms with Gasteiger partial charge >= 0.3 is 0 Å². The Labute approximate surface area is 101 Å². The van der Waals surface area contributed by atoms with Crippen molar-refractivity contribution in [2.24, 2.45) is 17.3 Å². The Morgan fingerprint density at radius 1 is 1.19 bits per heavy atom. The number of carbonyl (C=O) groups excluding carboxylic acids is 1. The Morgan fingerprint density at radius 2 is 1.75 bits per heavy atom. The maximum Gasteiger partial charge on any atom is 0.136 e. The van der Waals surface area contributed by atoms with Gasteiger partial charge in [-0.05, 0) is 30.6 Å². The third-order valence-electron chi connectivity index (χ3n) is 4.34. The van der Waals surface area contributed by atoms with Crippen LogP contribution in [0.25, 0.3) is 0 Å². The highest BCUT2D eigenvalue weighted by Gasteiger charge is 2.35. The molecule has 0 N–H and O–H groups in total. The summed E-state index contributed by atoms with van der Waals surface area (Å²) in [5, 5.41) is 0. The van der Waals surface area contributed by atoms with Gasteiger partial charge in [0, 0.05) is 12.3 Å². The third-order valence-corrected chi connectivity index (χ3v) is 4.34. The van der Waals surface area contributed by atoms with E-state index in [2.05, 4.69) is 27.7 Å². The molecule has 1 aliphatic carbocycles. The van der Waals surface area contributed by atoms with E-state index in [1.165, 1.54) is 32.1 Å². The quantitative estimate of drug-likeness (QED) is 0.644. The van der Waals surface area contributed by atoms with Crippen LogP contribution in [0.2, 0.25) is 0 Å². The third kappa shape index (κ3) is 3.61. The normalized spacial score (nSPS) is 21.3. The van der Waals surface area contributed by atoms with Gasteiger partial charge in [0.2, 0.25) is 0 Å². The molecule has 1 atom stereocenters. The van der Waals surface area contributed by atoms with E-state index < -0.39 is 0 Å². The minimum absolute atomic E-state index is 0.268. The lowest BCUT2D eigenvalue weighted by Crippen LogP contribution is -2.24. The molecule has 16 heavy (non-hydrogen) atoms. The Kier molecular flexibility index (Phi) is 5.01. The van der Waals surface area contributed by atoms with E-state index in [9.17, 15) is 4.79 Å². The van der Waals surface area contributed by atoms with E-state index >= 15 is 0 Å². The van der Waals surface area contributed by atoms with Gasteiger partial charge in [-0.2, -0.15) is 0 Å². The minimum atomic E-state index is 0.268. The highest BCUT2D eigenvalue weighted by atomic mass is 16.1. The fraction of sp³-hybridized carbons (Fsp3) is 0.933. The van der Waals surface area contributed by atoms with E-state index in [4.69, 9.17) is 0 Å². The highest BCUT2D eigenvalue weighted by Crippen LogP contribution is 2.44. The van der Waals surface area contributed by atoms with Crippen LogP contribution in [0.15, 0.2) is 0 Å². The molecule has 0 bridgehead atoms. The van der Waals surface area contributed by atoms with Crippen molar-refractivity contribution >= 4 is 5.78 Å². The van der Waals surface area contributed by atoms with Crippen LogP contribution in [-0.4, -0.2) is 5.78 Å². The Bertz CT molecular complexity index is 224. The summed E-state index contributed by atoms with van der Waals surface area (Å²) in [6.45, 7) is 8.77. The molecular weight excluding hydrogens is 196 g/mol. The molecule has 0 saturated heterocycles. The number of ketones is 1. The molecule has 0 aromatic rings. The molecule has 1 saturated carbocycles. The topological polar surface area (TPSA) is 17.1 Å². The highest BCUT2D eigenvalue weighted by molar-refractivity contribution is 5.81. The zero-order chi connectivity index (χ0) is 12.2. The zero-order valence-electron chi connectivity index (χ0n) is 11.5. The lowest BCUT2D eigenvalue weighted by molar-refractivity contribution is -0.125. The van der Waals surface area contributed by atoms with Gasteiger partial charge in [0.15, 0.2) is 0 Å². The molecule has 0 spiro atoms. The Morgan fingerprint density at radius 3 is 2.19 bits per heavy atom. The number of carbonyl (C=O) groups is 1. The number of Topliss-reactive ketones (excluding diaryl/α,β-unsaturated/α-hetero) is 1. The van der Waals surface area contributed by atoms with Crippen molar-refractivity contribution in [2.75, 3.05) is 0 Å². The molecule has 1 aliphatic rings. The van der Waals surface area contributed by atoms with Gasteiger partial charge in [-0.3, -0.25) is 4.79 Å². The molecule has 0 aromatic heterocycles. The van der Waals surface area contributed by atoms with Gasteiger partial charge in [-0.25, -0.2) is 0 Å². The summed E-state index contributed by atoms with van der Waals surface area (Å²) in [7, 11) is 0. The SMILES string of the molecule is CCC1(CC(=O)C(C)CC(C)C)CCCC1. The van der Waals surface area contributed by atoms with Crippen molar-refractivity contribution < 1.29 is 4.79 Å². The molecule has 0 aliphatic heterocycles. The van der Waals surface area contributed by atoms with E-state index in [1.807, 2.05) is 0 Å². The predicted molar refractivity (Wildman–Crippen MR) is 69.4 cm³/mol. The first-order valence-corrected chi connectivity index (χ1v) is 7.02. The van der Waals surface area contributed by atoms with E-state index in [1.54, 1.807) is 0 Å². The zero-order valence-corrected chi connectivity index (χ0v) is 11.5. The molecule has 1 fully saturated rings. The van der Waals surface area contributed by atoms with Gasteiger partial charge in [0.05, 0.1) is 0 Å². The lowest BCUT2D eigenvalue weighted by Gasteiger charge is -2.28. The molecule has 0 amide bonds. The first-order valence-electron chi connectivity index (χ1n) is 7.02. The lowest BCUT2D eigenvalue weighted by atomic mass is 9.76. The van der Waals surface area contributed by atoms with Gasteiger partial charge in [0.25, 0.3) is 0 Å². The van der Waals surface area contributed by atoms with Crippen molar-refractivity contribution in [3.8, 4) is 0 Å². The maximum atomic E-state index is 12.2. The number of rotatable bonds is 6. The summed E-state index contributed by atoms with van der Waals surface area (Å²) >= 11 is 0. The average Bonchev–Trinajstić information content (AvgIpc) is 2.66. The van der Waals surface area contributed by atoms with Crippen LogP contribution in [0.3, 0.4) is 0 Å². The molecule has 0 radical (unpaired) electrons. The Balaban J connectivity index is 2.48. The van der Waals surface area contributed by atoms with Gasteiger partial charge in [0.1, 0.15) is 5.78 Å². The van der Waals surface area contributed by atoms with Crippen LogP contribution >= 0.6 is 0 Å². The van der Waals surface area contributed by atoms with Crippen molar-refractivity contribution in [1.29, 1.82) is 0 Å². The number of hydrogen-bond acceptors (Lipinski definition) is 1. The second-order valence-corrected chi connectivity index (χ2v) is 6.23. The van der Waals surface area contributed by atoms with Gasteiger partial charge in [-0.1, -0.05) is 47.0 Å². The van der Waals surface area contributed by atoms with Crippen LogP contribution in [0.4, 0.5) is 0 Å².